The van der Waals surface area contributed by atoms with Gasteiger partial charge in [0.05, 0.1) is 0 Å². The highest BCUT2D eigenvalue weighted by Gasteiger charge is 2.31. The zero-order chi connectivity index (χ0) is 15.7. The fourth-order valence-corrected chi connectivity index (χ4v) is 2.45. The molecule has 114 valence electrons. The number of benzene rings is 1. The van der Waals surface area contributed by atoms with Gasteiger partial charge < -0.3 is 16.0 Å². The van der Waals surface area contributed by atoms with Gasteiger partial charge in [-0.1, -0.05) is 12.1 Å². The molecule has 2 unspecified atom stereocenters. The predicted molar refractivity (Wildman–Crippen MR) is 75.7 cm³/mol. The third-order valence-corrected chi connectivity index (χ3v) is 3.60. The molecule has 0 radical (unpaired) electrons. The molecule has 22 heavy (non-hydrogen) atoms. The molecular formula is C14H14N4O4. The van der Waals surface area contributed by atoms with Crippen LogP contribution in [-0.2, 0) is 14.4 Å². The maximum atomic E-state index is 11.9. The van der Waals surface area contributed by atoms with Gasteiger partial charge in [0.1, 0.15) is 12.1 Å². The first-order valence-electron chi connectivity index (χ1n) is 6.84. The van der Waals surface area contributed by atoms with E-state index in [1.54, 1.807) is 24.3 Å². The molecule has 3 rings (SSSR count). The third-order valence-electron chi connectivity index (χ3n) is 3.60. The molecule has 1 aromatic rings. The lowest BCUT2D eigenvalue weighted by Crippen LogP contribution is -2.37. The van der Waals surface area contributed by atoms with E-state index < -0.39 is 24.0 Å². The van der Waals surface area contributed by atoms with E-state index in [-0.39, 0.29) is 11.8 Å². The summed E-state index contributed by atoms with van der Waals surface area (Å²) >= 11 is 0. The van der Waals surface area contributed by atoms with Gasteiger partial charge in [0, 0.05) is 12.1 Å². The van der Waals surface area contributed by atoms with E-state index >= 15 is 0 Å². The quantitative estimate of drug-likeness (QED) is 0.578. The maximum absolute atomic E-state index is 11.9. The summed E-state index contributed by atoms with van der Waals surface area (Å²) in [4.78, 5) is 45.7. The highest BCUT2D eigenvalue weighted by Crippen LogP contribution is 2.19. The predicted octanol–water partition coefficient (Wildman–Crippen LogP) is -0.216. The van der Waals surface area contributed by atoms with Gasteiger partial charge in [-0.2, -0.15) is 0 Å². The number of anilines is 1. The van der Waals surface area contributed by atoms with E-state index in [4.69, 9.17) is 0 Å². The number of rotatable bonds is 3. The number of carbonyl (C=O) groups is 4. The summed E-state index contributed by atoms with van der Waals surface area (Å²) in [6, 6.07) is 4.84. The summed E-state index contributed by atoms with van der Waals surface area (Å²) in [6.07, 6.45) is 0.838. The van der Waals surface area contributed by atoms with Crippen molar-refractivity contribution in [2.45, 2.75) is 24.9 Å². The molecule has 8 heteroatoms. The molecule has 0 bridgehead atoms. The van der Waals surface area contributed by atoms with Crippen molar-refractivity contribution in [1.29, 1.82) is 0 Å². The van der Waals surface area contributed by atoms with Gasteiger partial charge in [0.25, 0.3) is 5.91 Å². The largest absolute Gasteiger partial charge is 0.344 e. The number of nitrogens with one attached hydrogen (secondary N) is 4. The van der Waals surface area contributed by atoms with Crippen molar-refractivity contribution in [2.24, 2.45) is 0 Å². The minimum absolute atomic E-state index is 0.126. The summed E-state index contributed by atoms with van der Waals surface area (Å²) in [5.74, 6) is -0.806. The first-order chi connectivity index (χ1) is 10.5. The molecule has 2 atom stereocenters. The second kappa shape index (κ2) is 5.47. The lowest BCUT2D eigenvalue weighted by atomic mass is 10.1. The van der Waals surface area contributed by atoms with Crippen LogP contribution in [0, 0.1) is 0 Å². The van der Waals surface area contributed by atoms with Gasteiger partial charge in [-0.15, -0.1) is 0 Å². The normalized spacial score (nSPS) is 23.7. The number of carbonyl (C=O) groups excluding carboxylic acids is 4. The van der Waals surface area contributed by atoms with Crippen LogP contribution in [0.1, 0.15) is 24.4 Å². The number of hydrogen-bond donors (Lipinski definition) is 4. The van der Waals surface area contributed by atoms with Crippen molar-refractivity contribution in [3.63, 3.8) is 0 Å². The molecule has 0 saturated carbocycles. The van der Waals surface area contributed by atoms with Crippen LogP contribution < -0.4 is 21.3 Å². The Bertz CT molecular complexity index is 655. The molecule has 0 aromatic heterocycles. The SMILES string of the molecule is O=C1CCC(C(=O)Nc2ccc(C3NC(=O)NC3=O)cc2)N1. The van der Waals surface area contributed by atoms with Gasteiger partial charge in [0.2, 0.25) is 11.8 Å². The molecule has 2 heterocycles. The molecule has 0 spiro atoms. The van der Waals surface area contributed by atoms with Crippen LogP contribution in [-0.4, -0.2) is 29.8 Å². The highest BCUT2D eigenvalue weighted by atomic mass is 16.2. The van der Waals surface area contributed by atoms with Gasteiger partial charge in [0.15, 0.2) is 0 Å². The summed E-state index contributed by atoms with van der Waals surface area (Å²) in [6.45, 7) is 0. The smallest absolute Gasteiger partial charge is 0.322 e. The molecule has 2 saturated heterocycles. The van der Waals surface area contributed by atoms with Gasteiger partial charge in [-0.3, -0.25) is 19.7 Å². The van der Waals surface area contributed by atoms with Crippen LogP contribution in [0.4, 0.5) is 10.5 Å². The first-order valence-corrected chi connectivity index (χ1v) is 6.84. The Balaban J connectivity index is 1.64. The summed E-state index contributed by atoms with van der Waals surface area (Å²) in [7, 11) is 0. The molecule has 2 aliphatic heterocycles. The fraction of sp³-hybridized carbons (Fsp3) is 0.286. The topological polar surface area (TPSA) is 116 Å². The van der Waals surface area contributed by atoms with Gasteiger partial charge in [-0.05, 0) is 24.1 Å². The van der Waals surface area contributed by atoms with Crippen molar-refractivity contribution in [3.05, 3.63) is 29.8 Å². The lowest BCUT2D eigenvalue weighted by Gasteiger charge is -2.12. The zero-order valence-electron chi connectivity index (χ0n) is 11.5. The Morgan fingerprint density at radius 2 is 1.82 bits per heavy atom. The molecule has 1 aromatic carbocycles. The number of hydrogen-bond acceptors (Lipinski definition) is 4. The average Bonchev–Trinajstić information content (AvgIpc) is 3.05. The van der Waals surface area contributed by atoms with Crippen LogP contribution in [0.3, 0.4) is 0 Å². The van der Waals surface area contributed by atoms with Crippen LogP contribution in [0.2, 0.25) is 0 Å². The standard InChI is InChI=1S/C14H14N4O4/c19-10-6-5-9(16-10)12(20)15-8-3-1-7(2-4-8)11-13(21)18-14(22)17-11/h1-4,9,11H,5-6H2,(H,15,20)(H,16,19)(H2,17,18,21,22). The Labute approximate surface area is 125 Å². The van der Waals surface area contributed by atoms with Crippen LogP contribution in [0.15, 0.2) is 24.3 Å². The maximum Gasteiger partial charge on any atom is 0.322 e. The van der Waals surface area contributed by atoms with E-state index in [1.807, 2.05) is 0 Å². The molecule has 4 N–H and O–H groups in total. The summed E-state index contributed by atoms with van der Waals surface area (Å²) in [5, 5.41) is 9.94. The fourth-order valence-electron chi connectivity index (χ4n) is 2.45. The lowest BCUT2D eigenvalue weighted by molar-refractivity contribution is -0.122. The van der Waals surface area contributed by atoms with Crippen LogP contribution in [0.25, 0.3) is 0 Å². The third kappa shape index (κ3) is 2.76. The van der Waals surface area contributed by atoms with E-state index in [2.05, 4.69) is 21.3 Å². The van der Waals surface area contributed by atoms with Crippen LogP contribution in [0.5, 0.6) is 0 Å². The molecule has 5 amide bonds. The van der Waals surface area contributed by atoms with E-state index in [1.165, 1.54) is 0 Å². The molecule has 2 fully saturated rings. The average molecular weight is 302 g/mol. The summed E-state index contributed by atoms with van der Waals surface area (Å²) < 4.78 is 0. The van der Waals surface area contributed by atoms with Crippen molar-refractivity contribution < 1.29 is 19.2 Å². The second-order valence-corrected chi connectivity index (χ2v) is 5.17. The summed E-state index contributed by atoms with van der Waals surface area (Å²) in [5.41, 5.74) is 1.18. The van der Waals surface area contributed by atoms with Crippen molar-refractivity contribution in [1.82, 2.24) is 16.0 Å². The molecule has 0 aliphatic carbocycles. The van der Waals surface area contributed by atoms with Gasteiger partial charge in [-0.25, -0.2) is 4.79 Å². The number of amides is 5. The van der Waals surface area contributed by atoms with Crippen molar-refractivity contribution in [2.75, 3.05) is 5.32 Å². The Morgan fingerprint density at radius 1 is 1.09 bits per heavy atom. The van der Waals surface area contributed by atoms with Crippen LogP contribution >= 0.6 is 0 Å². The van der Waals surface area contributed by atoms with E-state index in [0.717, 1.165) is 0 Å². The molecule has 8 nitrogen and oxygen atoms in total. The van der Waals surface area contributed by atoms with Crippen molar-refractivity contribution >= 4 is 29.4 Å². The monoisotopic (exact) mass is 302 g/mol. The Morgan fingerprint density at radius 3 is 2.36 bits per heavy atom. The minimum Gasteiger partial charge on any atom is -0.344 e. The minimum atomic E-state index is -0.716. The highest BCUT2D eigenvalue weighted by molar-refractivity contribution is 6.04. The van der Waals surface area contributed by atoms with Gasteiger partial charge >= 0.3 is 6.03 Å². The van der Waals surface area contributed by atoms with Crippen molar-refractivity contribution in [3.8, 4) is 0 Å². The number of imide groups is 1. The first kappa shape index (κ1) is 14.1. The van der Waals surface area contributed by atoms with E-state index in [0.29, 0.717) is 24.1 Å². The molecule has 2 aliphatic rings. The number of urea groups is 1. The Kier molecular flexibility index (Phi) is 3.50. The zero-order valence-corrected chi connectivity index (χ0v) is 11.5. The Hall–Kier alpha value is -2.90. The molecular weight excluding hydrogens is 288 g/mol. The van der Waals surface area contributed by atoms with E-state index in [9.17, 15) is 19.2 Å². The second-order valence-electron chi connectivity index (χ2n) is 5.17.